The molecule has 1 aromatic carbocycles. The van der Waals surface area contributed by atoms with Gasteiger partial charge in [-0.3, -0.25) is 0 Å². The molecule has 0 aromatic heterocycles. The zero-order valence-electron chi connectivity index (χ0n) is 9.28. The average Bonchev–Trinajstić information content (AvgIpc) is 2.19. The molecule has 1 aromatic rings. The maximum Gasteiger partial charge on any atom is 0.573 e. The SMILES string of the molecule is Cl.NCC[C@@H](N)c1cc(OC(F)(F)F)ccc1O. The van der Waals surface area contributed by atoms with Crippen molar-refractivity contribution in [3.8, 4) is 11.5 Å². The molecule has 1 rings (SSSR count). The lowest BCUT2D eigenvalue weighted by atomic mass is 10.0. The molecule has 5 N–H and O–H groups in total. The van der Waals surface area contributed by atoms with Crippen molar-refractivity contribution in [1.82, 2.24) is 0 Å². The highest BCUT2D eigenvalue weighted by molar-refractivity contribution is 5.85. The first-order valence-electron chi connectivity index (χ1n) is 4.88. The van der Waals surface area contributed by atoms with E-state index in [1.165, 1.54) is 0 Å². The molecular weight excluding hydrogens is 273 g/mol. The van der Waals surface area contributed by atoms with E-state index in [0.717, 1.165) is 18.2 Å². The summed E-state index contributed by atoms with van der Waals surface area (Å²) in [7, 11) is 0. The summed E-state index contributed by atoms with van der Waals surface area (Å²) in [5.74, 6) is -0.599. The number of phenols is 1. The second-order valence-corrected chi connectivity index (χ2v) is 3.45. The number of rotatable bonds is 4. The van der Waals surface area contributed by atoms with Crippen LogP contribution in [0.2, 0.25) is 0 Å². The predicted molar refractivity (Wildman–Crippen MR) is 62.6 cm³/mol. The third kappa shape index (κ3) is 4.99. The van der Waals surface area contributed by atoms with Gasteiger partial charge in [0, 0.05) is 11.6 Å². The molecule has 0 saturated heterocycles. The summed E-state index contributed by atoms with van der Waals surface area (Å²) < 4.78 is 39.7. The Morgan fingerprint density at radius 3 is 2.44 bits per heavy atom. The Bertz CT molecular complexity index is 388. The van der Waals surface area contributed by atoms with Crippen LogP contribution in [-0.4, -0.2) is 18.0 Å². The van der Waals surface area contributed by atoms with Crippen LogP contribution in [0.15, 0.2) is 18.2 Å². The second-order valence-electron chi connectivity index (χ2n) is 3.45. The normalized spacial score (nSPS) is 12.7. The van der Waals surface area contributed by atoms with E-state index in [1.807, 2.05) is 0 Å². The molecule has 4 nitrogen and oxygen atoms in total. The van der Waals surface area contributed by atoms with E-state index in [2.05, 4.69) is 4.74 Å². The van der Waals surface area contributed by atoms with Gasteiger partial charge in [0.1, 0.15) is 11.5 Å². The molecule has 1 atom stereocenters. The van der Waals surface area contributed by atoms with Gasteiger partial charge in [-0.05, 0) is 31.2 Å². The van der Waals surface area contributed by atoms with Crippen molar-refractivity contribution in [2.24, 2.45) is 11.5 Å². The third-order valence-electron chi connectivity index (χ3n) is 2.11. The molecule has 18 heavy (non-hydrogen) atoms. The first-order valence-corrected chi connectivity index (χ1v) is 4.88. The summed E-state index contributed by atoms with van der Waals surface area (Å²) in [6, 6.07) is 2.55. The van der Waals surface area contributed by atoms with Gasteiger partial charge in [0.2, 0.25) is 0 Å². The molecule has 0 fully saturated rings. The fraction of sp³-hybridized carbons (Fsp3) is 0.400. The van der Waals surface area contributed by atoms with Gasteiger partial charge in [-0.25, -0.2) is 0 Å². The van der Waals surface area contributed by atoms with E-state index in [-0.39, 0.29) is 30.3 Å². The second kappa shape index (κ2) is 6.67. The number of hydrogen-bond acceptors (Lipinski definition) is 4. The molecule has 0 bridgehead atoms. The Kier molecular flexibility index (Phi) is 6.23. The minimum absolute atomic E-state index is 0. The number of benzene rings is 1. The van der Waals surface area contributed by atoms with Crippen LogP contribution in [0.3, 0.4) is 0 Å². The Morgan fingerprint density at radius 2 is 1.94 bits per heavy atom. The third-order valence-corrected chi connectivity index (χ3v) is 2.11. The summed E-state index contributed by atoms with van der Waals surface area (Å²) in [6.45, 7) is 0.269. The fourth-order valence-corrected chi connectivity index (χ4v) is 1.36. The lowest BCUT2D eigenvalue weighted by Crippen LogP contribution is -2.18. The molecule has 0 aliphatic heterocycles. The van der Waals surface area contributed by atoms with Crippen LogP contribution in [0.25, 0.3) is 0 Å². The molecular formula is C10H14ClF3N2O2. The van der Waals surface area contributed by atoms with Crippen molar-refractivity contribution >= 4 is 12.4 Å². The van der Waals surface area contributed by atoms with Gasteiger partial charge in [-0.15, -0.1) is 25.6 Å². The van der Waals surface area contributed by atoms with E-state index < -0.39 is 18.2 Å². The summed E-state index contributed by atoms with van der Waals surface area (Å²) in [5.41, 5.74) is 11.1. The van der Waals surface area contributed by atoms with Crippen molar-refractivity contribution in [2.45, 2.75) is 18.8 Å². The predicted octanol–water partition coefficient (Wildman–Crippen LogP) is 2.06. The van der Waals surface area contributed by atoms with E-state index in [0.29, 0.717) is 6.42 Å². The maximum atomic E-state index is 12.0. The monoisotopic (exact) mass is 286 g/mol. The van der Waals surface area contributed by atoms with Gasteiger partial charge in [-0.1, -0.05) is 0 Å². The highest BCUT2D eigenvalue weighted by Crippen LogP contribution is 2.31. The van der Waals surface area contributed by atoms with Crippen molar-refractivity contribution in [3.05, 3.63) is 23.8 Å². The molecule has 0 heterocycles. The summed E-state index contributed by atoms with van der Waals surface area (Å²) in [6.07, 6.45) is -4.42. The molecule has 0 radical (unpaired) electrons. The zero-order chi connectivity index (χ0) is 13.1. The number of phenolic OH excluding ortho intramolecular Hbond substituents is 1. The minimum atomic E-state index is -4.77. The molecule has 8 heteroatoms. The number of alkyl halides is 3. The molecule has 0 unspecified atom stereocenters. The summed E-state index contributed by atoms with van der Waals surface area (Å²) in [4.78, 5) is 0. The van der Waals surface area contributed by atoms with Gasteiger partial charge >= 0.3 is 6.36 Å². The average molecular weight is 287 g/mol. The summed E-state index contributed by atoms with van der Waals surface area (Å²) in [5, 5.41) is 9.47. The lowest BCUT2D eigenvalue weighted by molar-refractivity contribution is -0.274. The standard InChI is InChI=1S/C10H13F3N2O2.ClH/c11-10(12,13)17-6-1-2-9(16)7(5-6)8(15)3-4-14;/h1-2,5,8,16H,3-4,14-15H2;1H/t8-;/m1./s1. The van der Waals surface area contributed by atoms with Gasteiger partial charge < -0.3 is 21.3 Å². The summed E-state index contributed by atoms with van der Waals surface area (Å²) >= 11 is 0. The Morgan fingerprint density at radius 1 is 1.33 bits per heavy atom. The first kappa shape index (κ1) is 16.8. The van der Waals surface area contributed by atoms with Crippen molar-refractivity contribution in [1.29, 1.82) is 0 Å². The van der Waals surface area contributed by atoms with E-state index in [9.17, 15) is 18.3 Å². The molecule has 0 spiro atoms. The van der Waals surface area contributed by atoms with Crippen LogP contribution in [0, 0.1) is 0 Å². The van der Waals surface area contributed by atoms with Crippen molar-refractivity contribution < 1.29 is 23.0 Å². The fourth-order valence-electron chi connectivity index (χ4n) is 1.36. The largest absolute Gasteiger partial charge is 0.573 e. The number of halogens is 4. The van der Waals surface area contributed by atoms with Gasteiger partial charge in [-0.2, -0.15) is 0 Å². The number of hydrogen-bond donors (Lipinski definition) is 3. The highest BCUT2D eigenvalue weighted by Gasteiger charge is 2.31. The van der Waals surface area contributed by atoms with Crippen LogP contribution in [0.5, 0.6) is 11.5 Å². The molecule has 0 saturated carbocycles. The minimum Gasteiger partial charge on any atom is -0.508 e. The number of nitrogens with two attached hydrogens (primary N) is 2. The van der Waals surface area contributed by atoms with E-state index in [4.69, 9.17) is 11.5 Å². The highest BCUT2D eigenvalue weighted by atomic mass is 35.5. The van der Waals surface area contributed by atoms with E-state index in [1.54, 1.807) is 0 Å². The first-order chi connectivity index (χ1) is 7.83. The lowest BCUT2D eigenvalue weighted by Gasteiger charge is -2.15. The van der Waals surface area contributed by atoms with E-state index >= 15 is 0 Å². The Labute approximate surface area is 108 Å². The number of aromatic hydroxyl groups is 1. The van der Waals surface area contributed by atoms with Crippen LogP contribution < -0.4 is 16.2 Å². The molecule has 0 amide bonds. The Hall–Kier alpha value is -1.18. The quantitative estimate of drug-likeness (QED) is 0.791. The van der Waals surface area contributed by atoms with Gasteiger partial charge in [0.15, 0.2) is 0 Å². The van der Waals surface area contributed by atoms with Gasteiger partial charge in [0.25, 0.3) is 0 Å². The molecule has 0 aliphatic carbocycles. The van der Waals surface area contributed by atoms with Crippen LogP contribution in [0.1, 0.15) is 18.0 Å². The number of ether oxygens (including phenoxy) is 1. The Balaban J connectivity index is 0.00000289. The topological polar surface area (TPSA) is 81.5 Å². The van der Waals surface area contributed by atoms with Crippen LogP contribution >= 0.6 is 12.4 Å². The van der Waals surface area contributed by atoms with Gasteiger partial charge in [0.05, 0.1) is 0 Å². The maximum absolute atomic E-state index is 12.0. The van der Waals surface area contributed by atoms with Crippen LogP contribution in [0.4, 0.5) is 13.2 Å². The van der Waals surface area contributed by atoms with Crippen molar-refractivity contribution in [3.63, 3.8) is 0 Å². The molecule has 104 valence electrons. The van der Waals surface area contributed by atoms with Crippen molar-refractivity contribution in [2.75, 3.05) is 6.54 Å². The smallest absolute Gasteiger partial charge is 0.508 e. The molecule has 0 aliphatic rings. The zero-order valence-corrected chi connectivity index (χ0v) is 10.1. The van der Waals surface area contributed by atoms with Crippen LogP contribution in [-0.2, 0) is 0 Å².